The maximum atomic E-state index is 10.2. The van der Waals surface area contributed by atoms with Crippen molar-refractivity contribution in [3.63, 3.8) is 0 Å². The third kappa shape index (κ3) is 14.7. The Bertz CT molecular complexity index is 275. The van der Waals surface area contributed by atoms with Crippen LogP contribution in [-0.2, 0) is 4.79 Å². The minimum atomic E-state index is -0.892. The summed E-state index contributed by atoms with van der Waals surface area (Å²) in [7, 11) is 0. The van der Waals surface area contributed by atoms with Gasteiger partial charge in [0.05, 0.1) is 0 Å². The molecule has 0 saturated heterocycles. The Labute approximate surface area is 111 Å². The smallest absolute Gasteiger partial charge is 0.328 e. The van der Waals surface area contributed by atoms with Crippen LogP contribution in [0.15, 0.2) is 36.5 Å². The summed E-state index contributed by atoms with van der Waals surface area (Å²) < 4.78 is 0. The molecule has 0 aliphatic heterocycles. The van der Waals surface area contributed by atoms with E-state index in [1.54, 1.807) is 6.08 Å². The van der Waals surface area contributed by atoms with Gasteiger partial charge in [-0.05, 0) is 32.1 Å². The highest BCUT2D eigenvalue weighted by Gasteiger charge is 1.88. The van der Waals surface area contributed by atoms with Crippen LogP contribution in [0.5, 0.6) is 0 Å². The molecular weight excluding hydrogens is 224 g/mol. The molecule has 0 heterocycles. The van der Waals surface area contributed by atoms with Gasteiger partial charge >= 0.3 is 5.97 Å². The molecule has 102 valence electrons. The van der Waals surface area contributed by atoms with Crippen LogP contribution in [0.2, 0.25) is 0 Å². The van der Waals surface area contributed by atoms with Crippen molar-refractivity contribution < 1.29 is 9.90 Å². The van der Waals surface area contributed by atoms with E-state index in [9.17, 15) is 4.79 Å². The normalized spacial score (nSPS) is 12.1. The number of carboxylic acids is 1. The van der Waals surface area contributed by atoms with Gasteiger partial charge in [0, 0.05) is 6.08 Å². The monoisotopic (exact) mass is 250 g/mol. The van der Waals surface area contributed by atoms with Crippen LogP contribution in [0.3, 0.4) is 0 Å². The lowest BCUT2D eigenvalue weighted by Crippen LogP contribution is -1.84. The lowest BCUT2D eigenvalue weighted by Gasteiger charge is -1.97. The Morgan fingerprint density at radius 3 is 2.11 bits per heavy atom. The molecule has 0 aliphatic carbocycles. The topological polar surface area (TPSA) is 37.3 Å². The van der Waals surface area contributed by atoms with Crippen molar-refractivity contribution in [3.05, 3.63) is 36.5 Å². The van der Waals surface area contributed by atoms with E-state index < -0.39 is 5.97 Å². The second kappa shape index (κ2) is 13.8. The van der Waals surface area contributed by atoms with Gasteiger partial charge in [0.15, 0.2) is 0 Å². The van der Waals surface area contributed by atoms with Crippen molar-refractivity contribution >= 4 is 5.97 Å². The first kappa shape index (κ1) is 16.7. The van der Waals surface area contributed by atoms with E-state index in [0.717, 1.165) is 18.9 Å². The van der Waals surface area contributed by atoms with Gasteiger partial charge in [-0.3, -0.25) is 0 Å². The van der Waals surface area contributed by atoms with Gasteiger partial charge in [-0.2, -0.15) is 0 Å². The van der Waals surface area contributed by atoms with Crippen LogP contribution in [0, 0.1) is 0 Å². The average Bonchev–Trinajstić information content (AvgIpc) is 2.34. The summed E-state index contributed by atoms with van der Waals surface area (Å²) in [6.45, 7) is 2.16. The van der Waals surface area contributed by atoms with E-state index in [2.05, 4.69) is 19.1 Å². The van der Waals surface area contributed by atoms with Gasteiger partial charge in [-0.1, -0.05) is 56.6 Å². The van der Waals surface area contributed by atoms with Gasteiger partial charge < -0.3 is 5.11 Å². The number of unbranched alkanes of at least 4 members (excludes halogenated alkanes) is 6. The highest BCUT2D eigenvalue weighted by molar-refractivity contribution is 5.80. The zero-order chi connectivity index (χ0) is 13.5. The Morgan fingerprint density at radius 2 is 1.50 bits per heavy atom. The fraction of sp³-hybridized carbons (Fsp3) is 0.562. The predicted molar refractivity (Wildman–Crippen MR) is 77.7 cm³/mol. The fourth-order valence-corrected chi connectivity index (χ4v) is 1.65. The van der Waals surface area contributed by atoms with Crippen molar-refractivity contribution in [2.45, 2.75) is 58.3 Å². The van der Waals surface area contributed by atoms with Gasteiger partial charge in [0.25, 0.3) is 0 Å². The van der Waals surface area contributed by atoms with Crippen LogP contribution in [0.1, 0.15) is 58.3 Å². The SMILES string of the molecule is CCC=CCCCCCCCC=CC=CC(=O)O. The molecule has 0 bridgehead atoms. The van der Waals surface area contributed by atoms with Crippen molar-refractivity contribution in [2.24, 2.45) is 0 Å². The van der Waals surface area contributed by atoms with E-state index in [1.165, 1.54) is 38.5 Å². The third-order valence-electron chi connectivity index (χ3n) is 2.63. The summed E-state index contributed by atoms with van der Waals surface area (Å²) in [5.41, 5.74) is 0. The lowest BCUT2D eigenvalue weighted by molar-refractivity contribution is -0.131. The van der Waals surface area contributed by atoms with Crippen molar-refractivity contribution in [1.82, 2.24) is 0 Å². The molecule has 0 fully saturated rings. The molecule has 0 aromatic carbocycles. The predicted octanol–water partition coefficient (Wildman–Crippen LogP) is 4.88. The summed E-state index contributed by atoms with van der Waals surface area (Å²) in [5, 5.41) is 8.37. The first-order valence-electron chi connectivity index (χ1n) is 6.98. The van der Waals surface area contributed by atoms with E-state index in [1.807, 2.05) is 12.2 Å². The summed E-state index contributed by atoms with van der Waals surface area (Å²) in [5.74, 6) is -0.892. The van der Waals surface area contributed by atoms with Crippen LogP contribution >= 0.6 is 0 Å². The van der Waals surface area contributed by atoms with Crippen LogP contribution < -0.4 is 0 Å². The molecule has 18 heavy (non-hydrogen) atoms. The molecule has 2 heteroatoms. The highest BCUT2D eigenvalue weighted by Crippen LogP contribution is 2.08. The van der Waals surface area contributed by atoms with Crippen molar-refractivity contribution in [3.8, 4) is 0 Å². The minimum Gasteiger partial charge on any atom is -0.478 e. The molecule has 0 unspecified atom stereocenters. The largest absolute Gasteiger partial charge is 0.478 e. The molecule has 2 nitrogen and oxygen atoms in total. The quantitative estimate of drug-likeness (QED) is 0.245. The van der Waals surface area contributed by atoms with Crippen LogP contribution in [-0.4, -0.2) is 11.1 Å². The standard InChI is InChI=1S/C16H26O2/c1-2-3-4-5-6-7-8-9-10-11-12-13-14-15-16(17)18/h3-4,12-15H,2,5-11H2,1H3,(H,17,18). The molecule has 0 saturated carbocycles. The van der Waals surface area contributed by atoms with Gasteiger partial charge in [-0.25, -0.2) is 4.79 Å². The minimum absolute atomic E-state index is 0.892. The second-order valence-electron chi connectivity index (χ2n) is 4.35. The van der Waals surface area contributed by atoms with Crippen LogP contribution in [0.4, 0.5) is 0 Å². The Morgan fingerprint density at radius 1 is 0.889 bits per heavy atom. The highest BCUT2D eigenvalue weighted by atomic mass is 16.4. The van der Waals surface area contributed by atoms with Crippen LogP contribution in [0.25, 0.3) is 0 Å². The first-order valence-corrected chi connectivity index (χ1v) is 6.98. The van der Waals surface area contributed by atoms with E-state index in [4.69, 9.17) is 5.11 Å². The third-order valence-corrected chi connectivity index (χ3v) is 2.63. The number of aliphatic carboxylic acids is 1. The number of hydrogen-bond acceptors (Lipinski definition) is 1. The van der Waals surface area contributed by atoms with E-state index in [-0.39, 0.29) is 0 Å². The van der Waals surface area contributed by atoms with Gasteiger partial charge in [-0.15, -0.1) is 0 Å². The molecule has 0 aromatic rings. The number of carboxylic acid groups (broad SMARTS) is 1. The van der Waals surface area contributed by atoms with Crippen molar-refractivity contribution in [2.75, 3.05) is 0 Å². The molecule has 1 N–H and O–H groups in total. The average molecular weight is 250 g/mol. The van der Waals surface area contributed by atoms with E-state index >= 15 is 0 Å². The second-order valence-corrected chi connectivity index (χ2v) is 4.35. The Kier molecular flexibility index (Phi) is 12.8. The zero-order valence-electron chi connectivity index (χ0n) is 11.5. The summed E-state index contributed by atoms with van der Waals surface area (Å²) in [4.78, 5) is 10.2. The molecule has 0 radical (unpaired) electrons. The fourth-order valence-electron chi connectivity index (χ4n) is 1.65. The first-order chi connectivity index (χ1) is 8.77. The Hall–Kier alpha value is -1.31. The molecule has 0 amide bonds. The molecule has 0 spiro atoms. The van der Waals surface area contributed by atoms with Gasteiger partial charge in [0.1, 0.15) is 0 Å². The molecule has 0 aromatic heterocycles. The maximum absolute atomic E-state index is 10.2. The van der Waals surface area contributed by atoms with Gasteiger partial charge in [0.2, 0.25) is 0 Å². The summed E-state index contributed by atoms with van der Waals surface area (Å²) >= 11 is 0. The molecule has 0 rings (SSSR count). The molecular formula is C16H26O2. The lowest BCUT2D eigenvalue weighted by atomic mass is 10.1. The summed E-state index contributed by atoms with van der Waals surface area (Å²) in [6, 6.07) is 0. The van der Waals surface area contributed by atoms with E-state index in [0.29, 0.717) is 0 Å². The zero-order valence-corrected chi connectivity index (χ0v) is 11.5. The van der Waals surface area contributed by atoms with Crippen molar-refractivity contribution in [1.29, 1.82) is 0 Å². The number of allylic oxidation sites excluding steroid dienone is 5. The molecule has 0 atom stereocenters. The number of rotatable bonds is 11. The Balaban J connectivity index is 3.21. The number of hydrogen-bond donors (Lipinski definition) is 1. The maximum Gasteiger partial charge on any atom is 0.328 e. The summed E-state index contributed by atoms with van der Waals surface area (Å²) in [6.07, 6.45) is 20.9. The number of carbonyl (C=O) groups is 1. The molecule has 0 aliphatic rings.